The lowest BCUT2D eigenvalue weighted by Gasteiger charge is -2.34. The molecular formula is C30H38N4O5. The molecule has 0 radical (unpaired) electrons. The third-order valence-electron chi connectivity index (χ3n) is 7.75. The molecule has 0 aromatic heterocycles. The number of urea groups is 1. The summed E-state index contributed by atoms with van der Waals surface area (Å²) in [6.45, 7) is 6.27. The molecule has 0 bridgehead atoms. The zero-order chi connectivity index (χ0) is 27.2. The number of carbonyl (C=O) groups is 3. The molecule has 3 fully saturated rings. The molecule has 3 heterocycles. The maximum atomic E-state index is 13.2. The predicted octanol–water partition coefficient (Wildman–Crippen LogP) is 3.82. The van der Waals surface area contributed by atoms with Crippen LogP contribution in [0.15, 0.2) is 48.5 Å². The third kappa shape index (κ3) is 6.53. The third-order valence-corrected chi connectivity index (χ3v) is 7.75. The van der Waals surface area contributed by atoms with E-state index in [1.165, 1.54) is 0 Å². The van der Waals surface area contributed by atoms with Gasteiger partial charge in [0.05, 0.1) is 6.61 Å². The van der Waals surface area contributed by atoms with Gasteiger partial charge in [-0.05, 0) is 62.2 Å². The smallest absolute Gasteiger partial charge is 0.323 e. The minimum absolute atomic E-state index is 0.0189. The van der Waals surface area contributed by atoms with Crippen molar-refractivity contribution in [3.05, 3.63) is 59.7 Å². The largest absolute Gasteiger partial charge is 0.490 e. The van der Waals surface area contributed by atoms with E-state index in [2.05, 4.69) is 22.3 Å². The summed E-state index contributed by atoms with van der Waals surface area (Å²) in [5.41, 5.74) is 2.45. The van der Waals surface area contributed by atoms with E-state index in [4.69, 9.17) is 9.47 Å². The highest BCUT2D eigenvalue weighted by Crippen LogP contribution is 2.25. The van der Waals surface area contributed by atoms with E-state index in [1.54, 1.807) is 11.0 Å². The van der Waals surface area contributed by atoms with Crippen molar-refractivity contribution in [2.45, 2.75) is 57.7 Å². The summed E-state index contributed by atoms with van der Waals surface area (Å²) >= 11 is 0. The van der Waals surface area contributed by atoms with E-state index in [-0.39, 0.29) is 30.1 Å². The van der Waals surface area contributed by atoms with E-state index < -0.39 is 0 Å². The molecule has 9 heteroatoms. The van der Waals surface area contributed by atoms with Crippen LogP contribution in [0.1, 0.15) is 54.9 Å². The van der Waals surface area contributed by atoms with Crippen molar-refractivity contribution in [2.24, 2.45) is 0 Å². The number of benzene rings is 2. The summed E-state index contributed by atoms with van der Waals surface area (Å²) < 4.78 is 11.6. The molecule has 208 valence electrons. The highest BCUT2D eigenvalue weighted by molar-refractivity contribution is 5.98. The fraction of sp³-hybridized carbons (Fsp3) is 0.500. The first-order chi connectivity index (χ1) is 19.0. The number of esters is 1. The Bertz CT molecular complexity index is 1180. The van der Waals surface area contributed by atoms with Gasteiger partial charge in [0.25, 0.3) is 5.91 Å². The molecule has 2 aromatic rings. The van der Waals surface area contributed by atoms with Crippen molar-refractivity contribution in [1.82, 2.24) is 15.1 Å². The lowest BCUT2D eigenvalue weighted by atomic mass is 10.0. The summed E-state index contributed by atoms with van der Waals surface area (Å²) in [7, 11) is 0. The lowest BCUT2D eigenvalue weighted by Crippen LogP contribution is -2.44. The number of amides is 3. The molecular weight excluding hydrogens is 496 g/mol. The van der Waals surface area contributed by atoms with Crippen LogP contribution in [-0.2, 0) is 16.1 Å². The Hall–Kier alpha value is -3.59. The van der Waals surface area contributed by atoms with Crippen molar-refractivity contribution in [1.29, 1.82) is 0 Å². The molecule has 0 saturated carbocycles. The zero-order valence-electron chi connectivity index (χ0n) is 22.6. The number of carbonyl (C=O) groups excluding carboxylic acids is 3. The molecule has 3 amide bonds. The van der Waals surface area contributed by atoms with E-state index in [1.807, 2.05) is 42.2 Å². The Labute approximate surface area is 230 Å². The van der Waals surface area contributed by atoms with Gasteiger partial charge in [0.15, 0.2) is 0 Å². The van der Waals surface area contributed by atoms with E-state index in [0.29, 0.717) is 44.9 Å². The van der Waals surface area contributed by atoms with Gasteiger partial charge in [0.1, 0.15) is 17.9 Å². The van der Waals surface area contributed by atoms with Crippen LogP contribution in [0, 0.1) is 0 Å². The Morgan fingerprint density at radius 3 is 2.56 bits per heavy atom. The standard InChI is InChI=1S/C30H38N4O5/c1-2-38-29(36)27-11-3-4-15-33(27)21-22-7-5-10-26(19-22)39-25-12-16-32(17-13-25)28(35)23-8-6-9-24(20-23)34-18-14-31-30(34)37/h5-10,19-20,25,27H,2-4,11-18,21H2,1H3,(H,31,37)/t27-/m0/s1. The van der Waals surface area contributed by atoms with Crippen LogP contribution in [0.5, 0.6) is 5.75 Å². The number of nitrogens with zero attached hydrogens (tertiary/aromatic N) is 3. The number of hydrogen-bond acceptors (Lipinski definition) is 6. The first-order valence-electron chi connectivity index (χ1n) is 14.1. The van der Waals surface area contributed by atoms with Crippen LogP contribution in [0.3, 0.4) is 0 Å². The normalized spacial score (nSPS) is 20.5. The van der Waals surface area contributed by atoms with Crippen molar-refractivity contribution in [3.63, 3.8) is 0 Å². The quantitative estimate of drug-likeness (QED) is 0.518. The van der Waals surface area contributed by atoms with Crippen LogP contribution in [0.2, 0.25) is 0 Å². The maximum Gasteiger partial charge on any atom is 0.323 e. The summed E-state index contributed by atoms with van der Waals surface area (Å²) in [6.07, 6.45) is 4.51. The molecule has 2 aromatic carbocycles. The Morgan fingerprint density at radius 1 is 0.974 bits per heavy atom. The molecule has 0 spiro atoms. The summed E-state index contributed by atoms with van der Waals surface area (Å²) in [4.78, 5) is 43.4. The number of rotatable bonds is 8. The van der Waals surface area contributed by atoms with Crippen LogP contribution >= 0.6 is 0 Å². The van der Waals surface area contributed by atoms with Crippen LogP contribution in [0.4, 0.5) is 10.5 Å². The van der Waals surface area contributed by atoms with Gasteiger partial charge in [-0.3, -0.25) is 19.4 Å². The van der Waals surface area contributed by atoms with Gasteiger partial charge in [0.2, 0.25) is 0 Å². The number of hydrogen-bond donors (Lipinski definition) is 1. The molecule has 39 heavy (non-hydrogen) atoms. The average molecular weight is 535 g/mol. The molecule has 0 unspecified atom stereocenters. The van der Waals surface area contributed by atoms with Crippen molar-refractivity contribution in [2.75, 3.05) is 44.2 Å². The molecule has 3 saturated heterocycles. The minimum atomic E-state index is -0.182. The Balaban J connectivity index is 1.15. The SMILES string of the molecule is CCOC(=O)[C@@H]1CCCCN1Cc1cccc(OC2CCN(C(=O)c3cccc(N4CCNC4=O)c3)CC2)c1. The number of nitrogens with one attached hydrogen (secondary N) is 1. The second kappa shape index (κ2) is 12.5. The molecule has 1 atom stereocenters. The number of likely N-dealkylation sites (tertiary alicyclic amines) is 2. The lowest BCUT2D eigenvalue weighted by molar-refractivity contribution is -0.151. The zero-order valence-corrected chi connectivity index (χ0v) is 22.6. The summed E-state index contributed by atoms with van der Waals surface area (Å²) in [6, 6.07) is 15.1. The second-order valence-electron chi connectivity index (χ2n) is 10.4. The second-order valence-corrected chi connectivity index (χ2v) is 10.4. The molecule has 5 rings (SSSR count). The van der Waals surface area contributed by atoms with Crippen LogP contribution in [0.25, 0.3) is 0 Å². The highest BCUT2D eigenvalue weighted by atomic mass is 16.5. The minimum Gasteiger partial charge on any atom is -0.490 e. The number of ether oxygens (including phenoxy) is 2. The maximum absolute atomic E-state index is 13.2. The topological polar surface area (TPSA) is 91.4 Å². The van der Waals surface area contributed by atoms with E-state index in [0.717, 1.165) is 55.6 Å². The fourth-order valence-electron chi connectivity index (χ4n) is 5.71. The highest BCUT2D eigenvalue weighted by Gasteiger charge is 2.30. The first kappa shape index (κ1) is 27.0. The van der Waals surface area contributed by atoms with Gasteiger partial charge < -0.3 is 19.7 Å². The van der Waals surface area contributed by atoms with Gasteiger partial charge in [-0.25, -0.2) is 4.79 Å². The first-order valence-corrected chi connectivity index (χ1v) is 14.1. The molecule has 9 nitrogen and oxygen atoms in total. The van der Waals surface area contributed by atoms with Gasteiger partial charge in [-0.1, -0.05) is 24.6 Å². The van der Waals surface area contributed by atoms with Gasteiger partial charge in [0, 0.05) is 56.8 Å². The average Bonchev–Trinajstić information content (AvgIpc) is 3.39. The van der Waals surface area contributed by atoms with Gasteiger partial charge >= 0.3 is 12.0 Å². The Morgan fingerprint density at radius 2 is 1.79 bits per heavy atom. The summed E-state index contributed by atoms with van der Waals surface area (Å²) in [5.74, 6) is 0.673. The number of anilines is 1. The van der Waals surface area contributed by atoms with Crippen molar-refractivity contribution < 1.29 is 23.9 Å². The van der Waals surface area contributed by atoms with Gasteiger partial charge in [-0.15, -0.1) is 0 Å². The van der Waals surface area contributed by atoms with E-state index in [9.17, 15) is 14.4 Å². The Kier molecular flexibility index (Phi) is 8.66. The van der Waals surface area contributed by atoms with Crippen molar-refractivity contribution in [3.8, 4) is 5.75 Å². The van der Waals surface area contributed by atoms with Crippen molar-refractivity contribution >= 4 is 23.6 Å². The molecule has 3 aliphatic rings. The molecule has 1 N–H and O–H groups in total. The predicted molar refractivity (Wildman–Crippen MR) is 148 cm³/mol. The fourth-order valence-corrected chi connectivity index (χ4v) is 5.71. The van der Waals surface area contributed by atoms with Gasteiger partial charge in [-0.2, -0.15) is 0 Å². The summed E-state index contributed by atoms with van der Waals surface area (Å²) in [5, 5.41) is 2.80. The van der Waals surface area contributed by atoms with Crippen LogP contribution < -0.4 is 15.0 Å². The number of piperidine rings is 2. The molecule has 3 aliphatic heterocycles. The molecule has 0 aliphatic carbocycles. The monoisotopic (exact) mass is 534 g/mol. The van der Waals surface area contributed by atoms with Crippen LogP contribution in [-0.4, -0.2) is 79.2 Å². The van der Waals surface area contributed by atoms with E-state index >= 15 is 0 Å².